The van der Waals surface area contributed by atoms with Crippen molar-refractivity contribution in [1.29, 1.82) is 0 Å². The van der Waals surface area contributed by atoms with E-state index in [0.717, 1.165) is 0 Å². The molecule has 0 aromatic heterocycles. The Morgan fingerprint density at radius 1 is 0.889 bits per heavy atom. The van der Waals surface area contributed by atoms with Crippen LogP contribution in [0.3, 0.4) is 0 Å². The topological polar surface area (TPSA) is 60.4 Å². The van der Waals surface area contributed by atoms with Gasteiger partial charge in [0.2, 0.25) is 0 Å². The van der Waals surface area contributed by atoms with Crippen molar-refractivity contribution < 1.29 is 19.1 Å². The average molecular weight is 256 g/mol. The molecular weight excluding hydrogens is 232 g/mol. The van der Waals surface area contributed by atoms with E-state index in [9.17, 15) is 14.4 Å². The highest BCUT2D eigenvalue weighted by atomic mass is 16.5. The van der Waals surface area contributed by atoms with Gasteiger partial charge in [-0.1, -0.05) is 27.7 Å². The third-order valence-electron chi connectivity index (χ3n) is 2.90. The van der Waals surface area contributed by atoms with Crippen LogP contribution in [0, 0.1) is 17.8 Å². The minimum Gasteiger partial charge on any atom is -0.466 e. The predicted octanol–water partition coefficient (Wildman–Crippen LogP) is 2.40. The number of ketones is 2. The standard InChI is InChI=1S/C14H24O4/c1-6-18-14(17)11(5)8-13(16)10(4)7-12(15)9(2)3/h9-11H,6-8H2,1-5H3/t10-,11+/m0/s1. The molecule has 0 aliphatic carbocycles. The fourth-order valence-electron chi connectivity index (χ4n) is 1.52. The quantitative estimate of drug-likeness (QED) is 0.626. The largest absolute Gasteiger partial charge is 0.466 e. The van der Waals surface area contributed by atoms with Gasteiger partial charge in [-0.25, -0.2) is 0 Å². The zero-order valence-electron chi connectivity index (χ0n) is 12.0. The zero-order valence-corrected chi connectivity index (χ0v) is 12.0. The average Bonchev–Trinajstić information content (AvgIpc) is 2.28. The van der Waals surface area contributed by atoms with Gasteiger partial charge in [0.1, 0.15) is 11.6 Å². The van der Waals surface area contributed by atoms with Gasteiger partial charge in [-0.15, -0.1) is 0 Å². The van der Waals surface area contributed by atoms with Gasteiger partial charge in [0.15, 0.2) is 0 Å². The third kappa shape index (κ3) is 5.94. The molecule has 2 atom stereocenters. The van der Waals surface area contributed by atoms with Gasteiger partial charge in [0.05, 0.1) is 12.5 Å². The summed E-state index contributed by atoms with van der Waals surface area (Å²) >= 11 is 0. The van der Waals surface area contributed by atoms with Gasteiger partial charge in [-0.05, 0) is 6.92 Å². The highest BCUT2D eigenvalue weighted by Gasteiger charge is 2.23. The van der Waals surface area contributed by atoms with E-state index >= 15 is 0 Å². The van der Waals surface area contributed by atoms with Crippen LogP contribution in [-0.2, 0) is 19.1 Å². The van der Waals surface area contributed by atoms with Crippen molar-refractivity contribution in [3.8, 4) is 0 Å². The van der Waals surface area contributed by atoms with E-state index in [1.165, 1.54) is 0 Å². The maximum atomic E-state index is 11.9. The highest BCUT2D eigenvalue weighted by Crippen LogP contribution is 2.15. The molecule has 4 nitrogen and oxygen atoms in total. The Labute approximate surface area is 109 Å². The summed E-state index contributed by atoms with van der Waals surface area (Å²) in [5, 5.41) is 0. The van der Waals surface area contributed by atoms with Gasteiger partial charge in [0, 0.05) is 24.7 Å². The molecule has 0 fully saturated rings. The number of carbonyl (C=O) groups is 3. The van der Waals surface area contributed by atoms with E-state index in [1.807, 2.05) is 13.8 Å². The summed E-state index contributed by atoms with van der Waals surface area (Å²) in [6, 6.07) is 0. The van der Waals surface area contributed by atoms with Gasteiger partial charge in [-0.3, -0.25) is 14.4 Å². The van der Waals surface area contributed by atoms with Gasteiger partial charge in [-0.2, -0.15) is 0 Å². The fourth-order valence-corrected chi connectivity index (χ4v) is 1.52. The first-order valence-electron chi connectivity index (χ1n) is 6.51. The second-order valence-corrected chi connectivity index (χ2v) is 5.05. The van der Waals surface area contributed by atoms with Crippen molar-refractivity contribution in [3.63, 3.8) is 0 Å². The summed E-state index contributed by atoms with van der Waals surface area (Å²) in [5.41, 5.74) is 0. The molecular formula is C14H24O4. The van der Waals surface area contributed by atoms with Crippen molar-refractivity contribution in [2.24, 2.45) is 17.8 Å². The van der Waals surface area contributed by atoms with Crippen LogP contribution in [0.2, 0.25) is 0 Å². The lowest BCUT2D eigenvalue weighted by Crippen LogP contribution is -2.23. The van der Waals surface area contributed by atoms with Crippen LogP contribution in [0.5, 0.6) is 0 Å². The second kappa shape index (κ2) is 8.01. The summed E-state index contributed by atoms with van der Waals surface area (Å²) in [5.74, 6) is -1.13. The second-order valence-electron chi connectivity index (χ2n) is 5.05. The SMILES string of the molecule is CCOC(=O)[C@H](C)CC(=O)[C@@H](C)CC(=O)C(C)C. The van der Waals surface area contributed by atoms with E-state index < -0.39 is 5.92 Å². The lowest BCUT2D eigenvalue weighted by Gasteiger charge is -2.14. The van der Waals surface area contributed by atoms with Gasteiger partial charge in [0.25, 0.3) is 0 Å². The van der Waals surface area contributed by atoms with Gasteiger partial charge >= 0.3 is 5.97 Å². The summed E-state index contributed by atoms with van der Waals surface area (Å²) in [6.07, 6.45) is 0.400. The number of hydrogen-bond acceptors (Lipinski definition) is 4. The monoisotopic (exact) mass is 256 g/mol. The van der Waals surface area contributed by atoms with Crippen molar-refractivity contribution in [2.45, 2.75) is 47.5 Å². The summed E-state index contributed by atoms with van der Waals surface area (Å²) < 4.78 is 4.85. The van der Waals surface area contributed by atoms with Gasteiger partial charge < -0.3 is 4.74 Å². The Morgan fingerprint density at radius 2 is 1.39 bits per heavy atom. The normalized spacial score (nSPS) is 14.1. The highest BCUT2D eigenvalue weighted by molar-refractivity contribution is 5.90. The first kappa shape index (κ1) is 16.8. The number of rotatable bonds is 8. The molecule has 0 aromatic rings. The van der Waals surface area contributed by atoms with Crippen LogP contribution in [0.1, 0.15) is 47.5 Å². The Bertz CT molecular complexity index is 307. The lowest BCUT2D eigenvalue weighted by atomic mass is 9.90. The summed E-state index contributed by atoms with van der Waals surface area (Å²) in [6.45, 7) is 9.10. The molecule has 18 heavy (non-hydrogen) atoms. The van der Waals surface area contributed by atoms with Crippen LogP contribution in [0.25, 0.3) is 0 Å². The zero-order chi connectivity index (χ0) is 14.3. The molecule has 0 bridgehead atoms. The molecule has 0 amide bonds. The molecule has 0 spiro atoms. The third-order valence-corrected chi connectivity index (χ3v) is 2.90. The summed E-state index contributed by atoms with van der Waals surface area (Å²) in [4.78, 5) is 34.8. The van der Waals surface area contributed by atoms with Crippen LogP contribution in [0.4, 0.5) is 0 Å². The number of esters is 1. The van der Waals surface area contributed by atoms with Crippen LogP contribution < -0.4 is 0 Å². The number of carbonyl (C=O) groups excluding carboxylic acids is 3. The number of ether oxygens (including phenoxy) is 1. The molecule has 104 valence electrons. The van der Waals surface area contributed by atoms with Crippen LogP contribution in [0.15, 0.2) is 0 Å². The number of hydrogen-bond donors (Lipinski definition) is 0. The molecule has 0 N–H and O–H groups in total. The number of Topliss-reactive ketones (excluding diaryl/α,β-unsaturated/α-hetero) is 2. The Hall–Kier alpha value is -1.19. The van der Waals surface area contributed by atoms with Crippen molar-refractivity contribution in [3.05, 3.63) is 0 Å². The summed E-state index contributed by atoms with van der Waals surface area (Å²) in [7, 11) is 0. The first-order chi connectivity index (χ1) is 8.29. The lowest BCUT2D eigenvalue weighted by molar-refractivity contribution is -0.149. The van der Waals surface area contributed by atoms with Crippen molar-refractivity contribution in [2.75, 3.05) is 6.61 Å². The van der Waals surface area contributed by atoms with E-state index in [4.69, 9.17) is 4.74 Å². The maximum absolute atomic E-state index is 11.9. The maximum Gasteiger partial charge on any atom is 0.309 e. The van der Waals surface area contributed by atoms with Crippen LogP contribution >= 0.6 is 0 Å². The molecule has 0 unspecified atom stereocenters. The van der Waals surface area contributed by atoms with E-state index in [-0.39, 0.29) is 42.2 Å². The minimum absolute atomic E-state index is 0.0513. The van der Waals surface area contributed by atoms with E-state index in [1.54, 1.807) is 20.8 Å². The Balaban J connectivity index is 4.23. The molecule has 0 aliphatic rings. The Kier molecular flexibility index (Phi) is 7.48. The predicted molar refractivity (Wildman–Crippen MR) is 69.0 cm³/mol. The van der Waals surface area contributed by atoms with Crippen molar-refractivity contribution >= 4 is 17.5 Å². The van der Waals surface area contributed by atoms with Crippen LogP contribution in [-0.4, -0.2) is 24.1 Å². The van der Waals surface area contributed by atoms with E-state index in [2.05, 4.69) is 0 Å². The van der Waals surface area contributed by atoms with E-state index in [0.29, 0.717) is 6.61 Å². The molecule has 0 rings (SSSR count). The molecule has 4 heteroatoms. The molecule has 0 aliphatic heterocycles. The molecule has 0 aromatic carbocycles. The minimum atomic E-state index is -0.436. The molecule has 0 saturated carbocycles. The first-order valence-corrected chi connectivity index (χ1v) is 6.51. The smallest absolute Gasteiger partial charge is 0.309 e. The Morgan fingerprint density at radius 3 is 1.83 bits per heavy atom. The molecule has 0 radical (unpaired) electrons. The molecule has 0 heterocycles. The van der Waals surface area contributed by atoms with Crippen molar-refractivity contribution in [1.82, 2.24) is 0 Å². The molecule has 0 saturated heterocycles. The fraction of sp³-hybridized carbons (Fsp3) is 0.786.